The van der Waals surface area contributed by atoms with Crippen molar-refractivity contribution in [2.24, 2.45) is 0 Å². The van der Waals surface area contributed by atoms with E-state index in [0.29, 0.717) is 17.7 Å². The Hall–Kier alpha value is -1.96. The number of nitrogens with one attached hydrogen (secondary N) is 1. The summed E-state index contributed by atoms with van der Waals surface area (Å²) >= 11 is 0. The molecule has 1 aliphatic carbocycles. The molecule has 2 N–H and O–H groups in total. The van der Waals surface area contributed by atoms with E-state index in [1.54, 1.807) is 0 Å². The van der Waals surface area contributed by atoms with E-state index in [1.807, 2.05) is 0 Å². The number of phenols is 1. The molecule has 0 saturated heterocycles. The van der Waals surface area contributed by atoms with Gasteiger partial charge in [-0.1, -0.05) is 65.8 Å². The molecule has 2 aliphatic rings. The number of phenolic OH excluding ortho intramolecular Hbond substituents is 1. The Morgan fingerprint density at radius 3 is 2.32 bits per heavy atom. The zero-order valence-corrected chi connectivity index (χ0v) is 16.2. The Labute approximate surface area is 151 Å². The van der Waals surface area contributed by atoms with Crippen LogP contribution in [-0.4, -0.2) is 5.11 Å². The molecule has 0 saturated carbocycles. The van der Waals surface area contributed by atoms with Crippen LogP contribution < -0.4 is 5.32 Å². The zero-order chi connectivity index (χ0) is 18.1. The normalized spacial score (nSPS) is 21.5. The Balaban J connectivity index is 1.95. The first-order valence-corrected chi connectivity index (χ1v) is 9.34. The third kappa shape index (κ3) is 2.38. The number of anilines is 1. The molecule has 0 fully saturated rings. The number of benzene rings is 2. The molecule has 2 aromatic rings. The van der Waals surface area contributed by atoms with Crippen LogP contribution >= 0.6 is 0 Å². The fourth-order valence-electron chi connectivity index (χ4n) is 4.73. The van der Waals surface area contributed by atoms with Crippen molar-refractivity contribution in [3.05, 3.63) is 58.1 Å². The molecule has 132 valence electrons. The highest BCUT2D eigenvalue weighted by Crippen LogP contribution is 2.57. The second-order valence-electron chi connectivity index (χ2n) is 9.74. The molecule has 2 atom stereocenters. The summed E-state index contributed by atoms with van der Waals surface area (Å²) in [6.45, 7) is 13.2. The summed E-state index contributed by atoms with van der Waals surface area (Å²) in [4.78, 5) is 0. The average molecular weight is 335 g/mol. The van der Waals surface area contributed by atoms with Gasteiger partial charge in [-0.25, -0.2) is 0 Å². The minimum atomic E-state index is -0.0965. The third-order valence-corrected chi connectivity index (χ3v) is 5.81. The molecule has 2 heteroatoms. The van der Waals surface area contributed by atoms with Crippen molar-refractivity contribution in [1.82, 2.24) is 0 Å². The van der Waals surface area contributed by atoms with Crippen molar-refractivity contribution in [2.75, 3.05) is 5.32 Å². The largest absolute Gasteiger partial charge is 0.507 e. The van der Waals surface area contributed by atoms with Gasteiger partial charge >= 0.3 is 0 Å². The van der Waals surface area contributed by atoms with E-state index in [0.717, 1.165) is 17.5 Å². The lowest BCUT2D eigenvalue weighted by Gasteiger charge is -2.30. The van der Waals surface area contributed by atoms with E-state index >= 15 is 0 Å². The van der Waals surface area contributed by atoms with Crippen LogP contribution in [0.2, 0.25) is 0 Å². The van der Waals surface area contributed by atoms with Gasteiger partial charge in [-0.15, -0.1) is 0 Å². The Bertz CT molecular complexity index is 852. The van der Waals surface area contributed by atoms with Crippen LogP contribution in [0.1, 0.15) is 81.3 Å². The molecule has 1 heterocycles. The molecule has 1 aliphatic heterocycles. The quantitative estimate of drug-likeness (QED) is 0.597. The van der Waals surface area contributed by atoms with Gasteiger partial charge in [0.1, 0.15) is 5.75 Å². The molecule has 0 bridgehead atoms. The average Bonchev–Trinajstić information content (AvgIpc) is 3.00. The van der Waals surface area contributed by atoms with Crippen molar-refractivity contribution >= 4 is 5.69 Å². The van der Waals surface area contributed by atoms with Crippen LogP contribution in [-0.2, 0) is 17.3 Å². The molecule has 2 aromatic carbocycles. The Morgan fingerprint density at radius 1 is 1.00 bits per heavy atom. The van der Waals surface area contributed by atoms with Gasteiger partial charge < -0.3 is 10.4 Å². The Kier molecular flexibility index (Phi) is 3.32. The number of fused-ring (bicyclic) bond motifs is 5. The highest BCUT2D eigenvalue weighted by molar-refractivity contribution is 5.72. The minimum Gasteiger partial charge on any atom is -0.507 e. The molecule has 0 aromatic heterocycles. The van der Waals surface area contributed by atoms with Crippen molar-refractivity contribution in [3.8, 4) is 5.75 Å². The SMILES string of the molecule is CC(C)(C)c1cc2c(c(C(C)(C)C)c1O)[C@H]1Cc3ccccc3[C@H]1N2. The third-order valence-electron chi connectivity index (χ3n) is 5.81. The van der Waals surface area contributed by atoms with Crippen molar-refractivity contribution in [1.29, 1.82) is 0 Å². The van der Waals surface area contributed by atoms with E-state index in [1.165, 1.54) is 22.4 Å². The van der Waals surface area contributed by atoms with Crippen molar-refractivity contribution in [3.63, 3.8) is 0 Å². The molecular formula is C23H29NO. The van der Waals surface area contributed by atoms with Crippen LogP contribution in [0, 0.1) is 0 Å². The van der Waals surface area contributed by atoms with Crippen LogP contribution in [0.3, 0.4) is 0 Å². The van der Waals surface area contributed by atoms with Crippen LogP contribution in [0.25, 0.3) is 0 Å². The fraction of sp³-hybridized carbons (Fsp3) is 0.478. The van der Waals surface area contributed by atoms with Gasteiger partial charge in [0, 0.05) is 22.7 Å². The zero-order valence-electron chi connectivity index (χ0n) is 16.2. The molecule has 0 unspecified atom stereocenters. The second-order valence-corrected chi connectivity index (χ2v) is 9.74. The number of aromatic hydroxyl groups is 1. The van der Waals surface area contributed by atoms with E-state index in [9.17, 15) is 5.11 Å². The molecular weight excluding hydrogens is 306 g/mol. The standard InChI is InChI=1S/C23H29NO/c1-22(2,3)16-12-17-18(19(21(16)25)23(4,5)6)15-11-13-9-7-8-10-14(13)20(15)24-17/h7-10,12,15,20,24-25H,11H2,1-6H3/t15-,20-/m1/s1. The summed E-state index contributed by atoms with van der Waals surface area (Å²) < 4.78 is 0. The summed E-state index contributed by atoms with van der Waals surface area (Å²) in [7, 11) is 0. The van der Waals surface area contributed by atoms with Gasteiger partial charge in [-0.3, -0.25) is 0 Å². The molecule has 0 radical (unpaired) electrons. The summed E-state index contributed by atoms with van der Waals surface area (Å²) in [5.41, 5.74) is 7.39. The lowest BCUT2D eigenvalue weighted by Crippen LogP contribution is -2.20. The molecule has 2 nitrogen and oxygen atoms in total. The first-order chi connectivity index (χ1) is 11.6. The van der Waals surface area contributed by atoms with Crippen molar-refractivity contribution < 1.29 is 5.11 Å². The van der Waals surface area contributed by atoms with Crippen molar-refractivity contribution in [2.45, 2.75) is 70.8 Å². The summed E-state index contributed by atoms with van der Waals surface area (Å²) in [6.07, 6.45) is 1.05. The molecule has 25 heavy (non-hydrogen) atoms. The maximum atomic E-state index is 11.2. The monoisotopic (exact) mass is 335 g/mol. The fourth-order valence-corrected chi connectivity index (χ4v) is 4.73. The van der Waals surface area contributed by atoms with Crippen LogP contribution in [0.5, 0.6) is 5.75 Å². The predicted molar refractivity (Wildman–Crippen MR) is 105 cm³/mol. The number of hydrogen-bond donors (Lipinski definition) is 2. The maximum Gasteiger partial charge on any atom is 0.123 e. The number of rotatable bonds is 0. The first kappa shape index (κ1) is 16.5. The second kappa shape index (κ2) is 5.03. The van der Waals surface area contributed by atoms with E-state index in [4.69, 9.17) is 0 Å². The summed E-state index contributed by atoms with van der Waals surface area (Å²) in [5, 5.41) is 15.0. The van der Waals surface area contributed by atoms with Gasteiger partial charge in [0.25, 0.3) is 0 Å². The van der Waals surface area contributed by atoms with Gasteiger partial charge in [-0.05, 0) is 40.0 Å². The summed E-state index contributed by atoms with van der Waals surface area (Å²) in [5.74, 6) is 0.915. The highest BCUT2D eigenvalue weighted by atomic mass is 16.3. The van der Waals surface area contributed by atoms with Gasteiger partial charge in [-0.2, -0.15) is 0 Å². The summed E-state index contributed by atoms with van der Waals surface area (Å²) in [6, 6.07) is 11.3. The lowest BCUT2D eigenvalue weighted by molar-refractivity contribution is 0.420. The minimum absolute atomic E-state index is 0.0869. The maximum absolute atomic E-state index is 11.2. The van der Waals surface area contributed by atoms with Gasteiger partial charge in [0.15, 0.2) is 0 Å². The molecule has 4 rings (SSSR count). The molecule has 0 spiro atoms. The first-order valence-electron chi connectivity index (χ1n) is 9.34. The number of hydrogen-bond acceptors (Lipinski definition) is 2. The van der Waals surface area contributed by atoms with E-state index in [-0.39, 0.29) is 10.8 Å². The lowest BCUT2D eigenvalue weighted by atomic mass is 9.74. The van der Waals surface area contributed by atoms with Crippen LogP contribution in [0.4, 0.5) is 5.69 Å². The predicted octanol–water partition coefficient (Wildman–Crippen LogP) is 5.79. The highest BCUT2D eigenvalue weighted by Gasteiger charge is 2.44. The van der Waals surface area contributed by atoms with E-state index in [2.05, 4.69) is 77.2 Å². The topological polar surface area (TPSA) is 32.3 Å². The smallest absolute Gasteiger partial charge is 0.123 e. The van der Waals surface area contributed by atoms with Gasteiger partial charge in [0.05, 0.1) is 6.04 Å². The van der Waals surface area contributed by atoms with Gasteiger partial charge in [0.2, 0.25) is 0 Å². The Morgan fingerprint density at radius 2 is 1.68 bits per heavy atom. The molecule has 0 amide bonds. The van der Waals surface area contributed by atoms with Crippen LogP contribution in [0.15, 0.2) is 30.3 Å². The van der Waals surface area contributed by atoms with E-state index < -0.39 is 0 Å².